The maximum atomic E-state index is 12.1. The van der Waals surface area contributed by atoms with Crippen LogP contribution in [0.15, 0.2) is 41.5 Å². The highest BCUT2D eigenvalue weighted by molar-refractivity contribution is 5.96. The number of fused-ring (bicyclic) bond motifs is 1. The Bertz CT molecular complexity index is 1040. The molecule has 0 aromatic heterocycles. The normalized spacial score (nSPS) is 14.2. The number of H-pyrrole nitrogens is 1. The molecule has 0 radical (unpaired) electrons. The molecule has 4 rings (SSSR count). The van der Waals surface area contributed by atoms with Crippen LogP contribution in [0.2, 0.25) is 0 Å². The first-order chi connectivity index (χ1) is 12.6. The van der Waals surface area contributed by atoms with Gasteiger partial charge in [-0.3, -0.25) is 9.59 Å². The zero-order chi connectivity index (χ0) is 18.3. The number of hydrogen-bond acceptors (Lipinski definition) is 5. The van der Waals surface area contributed by atoms with E-state index in [4.69, 9.17) is 4.74 Å². The van der Waals surface area contributed by atoms with Crippen LogP contribution in [-0.4, -0.2) is 40.3 Å². The SMILES string of the molecule is COC(=O)c1cn(-c2cccc(N3CCCC3=O)c2)cc2c(=O)[nH]nc1-2. The van der Waals surface area contributed by atoms with E-state index in [9.17, 15) is 14.4 Å². The molecular formula is C18H16N4O4. The number of aromatic amines is 1. The summed E-state index contributed by atoms with van der Waals surface area (Å²) in [5, 5.41) is 6.26. The van der Waals surface area contributed by atoms with Crippen molar-refractivity contribution in [3.63, 3.8) is 0 Å². The fourth-order valence-corrected chi connectivity index (χ4v) is 3.19. The van der Waals surface area contributed by atoms with Crippen LogP contribution in [0, 0.1) is 0 Å². The van der Waals surface area contributed by atoms with Gasteiger partial charge in [0.15, 0.2) is 0 Å². The highest BCUT2D eigenvalue weighted by Crippen LogP contribution is 2.26. The van der Waals surface area contributed by atoms with E-state index >= 15 is 0 Å². The number of aromatic nitrogens is 3. The lowest BCUT2D eigenvalue weighted by Gasteiger charge is -2.18. The first kappa shape index (κ1) is 16.1. The molecule has 1 fully saturated rings. The highest BCUT2D eigenvalue weighted by atomic mass is 16.5. The van der Waals surface area contributed by atoms with Crippen molar-refractivity contribution in [1.29, 1.82) is 0 Å². The molecule has 1 aromatic carbocycles. The molecule has 0 spiro atoms. The zero-order valence-electron chi connectivity index (χ0n) is 14.1. The summed E-state index contributed by atoms with van der Waals surface area (Å²) in [4.78, 5) is 37.8. The molecule has 0 bridgehead atoms. The lowest BCUT2D eigenvalue weighted by Crippen LogP contribution is -2.23. The van der Waals surface area contributed by atoms with Crippen molar-refractivity contribution >= 4 is 17.6 Å². The first-order valence-corrected chi connectivity index (χ1v) is 8.18. The van der Waals surface area contributed by atoms with Crippen molar-refractivity contribution in [2.24, 2.45) is 0 Å². The van der Waals surface area contributed by atoms with Crippen LogP contribution in [0.3, 0.4) is 0 Å². The number of hydrogen-bond donors (Lipinski definition) is 1. The average molecular weight is 352 g/mol. The van der Waals surface area contributed by atoms with Crippen molar-refractivity contribution in [1.82, 2.24) is 14.8 Å². The second-order valence-corrected chi connectivity index (χ2v) is 6.05. The molecule has 1 N–H and O–H groups in total. The van der Waals surface area contributed by atoms with E-state index in [0.717, 1.165) is 17.8 Å². The summed E-state index contributed by atoms with van der Waals surface area (Å²) in [6.07, 6.45) is 4.56. The van der Waals surface area contributed by atoms with E-state index in [1.165, 1.54) is 7.11 Å². The van der Waals surface area contributed by atoms with Gasteiger partial charge in [-0.25, -0.2) is 9.89 Å². The smallest absolute Gasteiger partial charge is 0.341 e. The summed E-state index contributed by atoms with van der Waals surface area (Å²) in [6, 6.07) is 7.38. The Kier molecular flexibility index (Phi) is 3.80. The van der Waals surface area contributed by atoms with Gasteiger partial charge in [0, 0.05) is 36.7 Å². The van der Waals surface area contributed by atoms with E-state index in [1.807, 2.05) is 24.3 Å². The third-order valence-corrected chi connectivity index (χ3v) is 4.48. The third kappa shape index (κ3) is 2.55. The molecular weight excluding hydrogens is 336 g/mol. The number of ether oxygens (including phenoxy) is 1. The fourth-order valence-electron chi connectivity index (χ4n) is 3.19. The molecule has 0 unspecified atom stereocenters. The summed E-state index contributed by atoms with van der Waals surface area (Å²) in [7, 11) is 1.27. The van der Waals surface area contributed by atoms with E-state index in [0.29, 0.717) is 13.0 Å². The highest BCUT2D eigenvalue weighted by Gasteiger charge is 2.24. The fraction of sp³-hybridized carbons (Fsp3) is 0.222. The van der Waals surface area contributed by atoms with Crippen molar-refractivity contribution < 1.29 is 14.3 Å². The maximum Gasteiger partial charge on any atom is 0.341 e. The largest absolute Gasteiger partial charge is 0.465 e. The number of benzene rings is 1. The minimum atomic E-state index is -0.582. The van der Waals surface area contributed by atoms with Crippen molar-refractivity contribution in [2.45, 2.75) is 12.8 Å². The van der Waals surface area contributed by atoms with Crippen LogP contribution in [0.4, 0.5) is 5.69 Å². The number of anilines is 1. The number of amides is 1. The van der Waals surface area contributed by atoms with Gasteiger partial charge in [0.25, 0.3) is 5.56 Å². The van der Waals surface area contributed by atoms with E-state index < -0.39 is 5.97 Å². The minimum Gasteiger partial charge on any atom is -0.465 e. The predicted molar refractivity (Wildman–Crippen MR) is 93.7 cm³/mol. The monoisotopic (exact) mass is 352 g/mol. The average Bonchev–Trinajstić information content (AvgIpc) is 3.26. The molecule has 0 aliphatic carbocycles. The van der Waals surface area contributed by atoms with E-state index in [2.05, 4.69) is 10.2 Å². The number of esters is 1. The van der Waals surface area contributed by atoms with Gasteiger partial charge < -0.3 is 14.2 Å². The Balaban J connectivity index is 1.85. The second-order valence-electron chi connectivity index (χ2n) is 6.05. The van der Waals surface area contributed by atoms with Crippen LogP contribution in [0.1, 0.15) is 23.2 Å². The van der Waals surface area contributed by atoms with Crippen LogP contribution in [0.25, 0.3) is 16.9 Å². The molecule has 8 heteroatoms. The Morgan fingerprint density at radius 2 is 2.04 bits per heavy atom. The number of carbonyl (C=O) groups is 2. The van der Waals surface area contributed by atoms with Gasteiger partial charge in [0.2, 0.25) is 5.91 Å². The second kappa shape index (κ2) is 6.14. The summed E-state index contributed by atoms with van der Waals surface area (Å²) in [6.45, 7) is 0.686. The maximum absolute atomic E-state index is 12.1. The number of rotatable bonds is 3. The minimum absolute atomic E-state index is 0.0922. The van der Waals surface area contributed by atoms with Crippen LogP contribution >= 0.6 is 0 Å². The molecule has 8 nitrogen and oxygen atoms in total. The summed E-state index contributed by atoms with van der Waals surface area (Å²) in [5.41, 5.74) is 1.86. The Morgan fingerprint density at radius 3 is 2.77 bits per heavy atom. The van der Waals surface area contributed by atoms with Crippen LogP contribution < -0.4 is 10.5 Å². The van der Waals surface area contributed by atoms with Crippen LogP contribution in [-0.2, 0) is 9.53 Å². The van der Waals surface area contributed by atoms with Gasteiger partial charge in [-0.1, -0.05) is 6.07 Å². The quantitative estimate of drug-likeness (QED) is 0.722. The molecule has 0 saturated carbocycles. The number of carbonyl (C=O) groups excluding carboxylic acids is 2. The van der Waals surface area contributed by atoms with Crippen LogP contribution in [0.5, 0.6) is 0 Å². The summed E-state index contributed by atoms with van der Waals surface area (Å²) < 4.78 is 6.46. The molecule has 3 aliphatic heterocycles. The van der Waals surface area contributed by atoms with Crippen molar-refractivity contribution in [2.75, 3.05) is 18.6 Å². The molecule has 1 amide bonds. The number of nitrogens with one attached hydrogen (secondary N) is 1. The summed E-state index contributed by atoms with van der Waals surface area (Å²) >= 11 is 0. The zero-order valence-corrected chi connectivity index (χ0v) is 14.1. The Morgan fingerprint density at radius 1 is 1.23 bits per heavy atom. The molecule has 1 aromatic rings. The molecule has 132 valence electrons. The number of pyridine rings is 1. The topological polar surface area (TPSA) is 97.3 Å². The standard InChI is InChI=1S/C18H16N4O4/c1-26-18(25)14-10-21(9-13-16(14)19-20-17(13)24)11-4-2-5-12(8-11)22-7-3-6-15(22)23/h2,4-5,8-10H,3,6-7H2,1H3,(H,20,24). The molecule has 0 atom stereocenters. The molecule has 3 aliphatic rings. The van der Waals surface area contributed by atoms with Crippen molar-refractivity contribution in [3.8, 4) is 16.9 Å². The van der Waals surface area contributed by atoms with Crippen molar-refractivity contribution in [3.05, 3.63) is 52.6 Å². The van der Waals surface area contributed by atoms with E-state index in [1.54, 1.807) is 21.9 Å². The van der Waals surface area contributed by atoms with Gasteiger partial charge in [-0.2, -0.15) is 5.10 Å². The Labute approximate surface area is 148 Å². The third-order valence-electron chi connectivity index (χ3n) is 4.48. The lowest BCUT2D eigenvalue weighted by atomic mass is 10.1. The van der Waals surface area contributed by atoms with E-state index in [-0.39, 0.29) is 28.3 Å². The molecule has 1 saturated heterocycles. The Hall–Kier alpha value is -3.42. The van der Waals surface area contributed by atoms with Gasteiger partial charge in [0.1, 0.15) is 11.3 Å². The molecule has 3 heterocycles. The lowest BCUT2D eigenvalue weighted by molar-refractivity contribution is -0.117. The summed E-state index contributed by atoms with van der Waals surface area (Å²) in [5.74, 6) is -0.490. The van der Waals surface area contributed by atoms with Gasteiger partial charge >= 0.3 is 5.97 Å². The van der Waals surface area contributed by atoms with Gasteiger partial charge in [-0.05, 0) is 24.6 Å². The van der Waals surface area contributed by atoms with Gasteiger partial charge in [-0.15, -0.1) is 0 Å². The van der Waals surface area contributed by atoms with Gasteiger partial charge in [0.05, 0.1) is 12.7 Å². The number of methoxy groups -OCH3 is 1. The predicted octanol–water partition coefficient (Wildman–Crippen LogP) is 1.58. The first-order valence-electron chi connectivity index (χ1n) is 8.18. The number of nitrogens with zero attached hydrogens (tertiary/aromatic N) is 3. The molecule has 26 heavy (non-hydrogen) atoms.